The predicted octanol–water partition coefficient (Wildman–Crippen LogP) is 2.73. The Labute approximate surface area is 168 Å². The van der Waals surface area contributed by atoms with Gasteiger partial charge in [0.15, 0.2) is 0 Å². The number of likely N-dealkylation sites (tertiary alicyclic amines) is 1. The van der Waals surface area contributed by atoms with Crippen LogP contribution in [0.2, 0.25) is 0 Å². The smallest absolute Gasteiger partial charge is 0.0857 e. The van der Waals surface area contributed by atoms with Crippen LogP contribution in [0, 0.1) is 5.41 Å². The van der Waals surface area contributed by atoms with Crippen molar-refractivity contribution in [3.05, 3.63) is 66.0 Å². The number of piperidine rings is 1. The molecule has 5 heteroatoms. The van der Waals surface area contributed by atoms with Crippen LogP contribution < -0.4 is 0 Å². The summed E-state index contributed by atoms with van der Waals surface area (Å²) in [5.41, 5.74) is 2.67. The molecule has 1 unspecified atom stereocenters. The average molecular weight is 378 g/mol. The van der Waals surface area contributed by atoms with Crippen LogP contribution in [0.3, 0.4) is 0 Å². The van der Waals surface area contributed by atoms with E-state index in [2.05, 4.69) is 57.1 Å². The first-order chi connectivity index (χ1) is 13.7. The number of aromatic nitrogens is 1. The van der Waals surface area contributed by atoms with Crippen molar-refractivity contribution in [2.24, 2.45) is 0 Å². The summed E-state index contributed by atoms with van der Waals surface area (Å²) in [7, 11) is 2.19. The lowest BCUT2D eigenvalue weighted by molar-refractivity contribution is 0.0256. The van der Waals surface area contributed by atoms with Gasteiger partial charge in [0.05, 0.1) is 16.9 Å². The highest BCUT2D eigenvalue weighted by Crippen LogP contribution is 2.31. The Bertz CT molecular complexity index is 770. The van der Waals surface area contributed by atoms with Gasteiger partial charge in [-0.05, 0) is 44.1 Å². The van der Waals surface area contributed by atoms with E-state index >= 15 is 0 Å². The lowest BCUT2D eigenvalue weighted by Gasteiger charge is -2.51. The number of hydrogen-bond acceptors (Lipinski definition) is 5. The highest BCUT2D eigenvalue weighted by atomic mass is 15.3. The quantitative estimate of drug-likeness (QED) is 0.814. The highest BCUT2D eigenvalue weighted by molar-refractivity contribution is 6.04. The van der Waals surface area contributed by atoms with Crippen LogP contribution in [0.4, 0.5) is 0 Å². The Morgan fingerprint density at radius 1 is 1.00 bits per heavy atom. The molecule has 0 bridgehead atoms. The zero-order valence-corrected chi connectivity index (χ0v) is 16.8. The van der Waals surface area contributed by atoms with Gasteiger partial charge < -0.3 is 10.3 Å². The molecule has 148 valence electrons. The SMILES string of the molecule is CN1CCCC(C(=N)c2ccccn2)(N2CCN(Cc3ccccc3)CC2)C1. The van der Waals surface area contributed by atoms with Crippen molar-refractivity contribution < 1.29 is 0 Å². The lowest BCUT2D eigenvalue weighted by Crippen LogP contribution is -2.66. The number of nitrogens with one attached hydrogen (secondary N) is 1. The Morgan fingerprint density at radius 2 is 1.75 bits per heavy atom. The van der Waals surface area contributed by atoms with Crippen molar-refractivity contribution in [3.8, 4) is 0 Å². The molecule has 3 heterocycles. The number of likely N-dealkylation sites (N-methyl/N-ethyl adjacent to an activating group) is 1. The molecule has 2 saturated heterocycles. The van der Waals surface area contributed by atoms with Gasteiger partial charge >= 0.3 is 0 Å². The first-order valence-electron chi connectivity index (χ1n) is 10.4. The van der Waals surface area contributed by atoms with E-state index in [4.69, 9.17) is 5.41 Å². The fourth-order valence-electron chi connectivity index (χ4n) is 4.79. The van der Waals surface area contributed by atoms with Crippen molar-refractivity contribution in [1.82, 2.24) is 19.7 Å². The van der Waals surface area contributed by atoms with Gasteiger partial charge in [-0.1, -0.05) is 36.4 Å². The lowest BCUT2D eigenvalue weighted by atomic mass is 9.80. The molecule has 0 radical (unpaired) electrons. The molecule has 4 rings (SSSR count). The maximum atomic E-state index is 9.08. The number of rotatable bonds is 5. The van der Waals surface area contributed by atoms with Crippen LogP contribution in [0.1, 0.15) is 24.1 Å². The Hall–Kier alpha value is -2.08. The maximum absolute atomic E-state index is 9.08. The highest BCUT2D eigenvalue weighted by Gasteiger charge is 2.45. The number of pyridine rings is 1. The summed E-state index contributed by atoms with van der Waals surface area (Å²) in [5, 5.41) is 9.08. The summed E-state index contributed by atoms with van der Waals surface area (Å²) in [6, 6.07) is 16.6. The normalized spacial score (nSPS) is 24.9. The van der Waals surface area contributed by atoms with Gasteiger partial charge in [-0.3, -0.25) is 14.8 Å². The summed E-state index contributed by atoms with van der Waals surface area (Å²) in [4.78, 5) is 12.0. The predicted molar refractivity (Wildman–Crippen MR) is 114 cm³/mol. The average Bonchev–Trinajstić information content (AvgIpc) is 2.75. The molecular formula is C23H31N5. The number of piperazine rings is 1. The monoisotopic (exact) mass is 377 g/mol. The van der Waals surface area contributed by atoms with Crippen molar-refractivity contribution in [2.45, 2.75) is 24.9 Å². The molecule has 28 heavy (non-hydrogen) atoms. The molecule has 2 fully saturated rings. The van der Waals surface area contributed by atoms with Crippen molar-refractivity contribution in [1.29, 1.82) is 5.41 Å². The van der Waals surface area contributed by atoms with Crippen LogP contribution in [-0.2, 0) is 6.54 Å². The third-order valence-corrected chi connectivity index (χ3v) is 6.27. The topological polar surface area (TPSA) is 46.5 Å². The molecule has 2 aliphatic heterocycles. The van der Waals surface area contributed by atoms with Gasteiger partial charge in [0.25, 0.3) is 0 Å². The fraction of sp³-hybridized carbons (Fsp3) is 0.478. The number of nitrogens with zero attached hydrogens (tertiary/aromatic N) is 4. The summed E-state index contributed by atoms with van der Waals surface area (Å²) >= 11 is 0. The summed E-state index contributed by atoms with van der Waals surface area (Å²) < 4.78 is 0. The van der Waals surface area contributed by atoms with Crippen LogP contribution in [0.15, 0.2) is 54.7 Å². The molecule has 1 aromatic carbocycles. The number of benzene rings is 1. The van der Waals surface area contributed by atoms with Gasteiger partial charge in [0.2, 0.25) is 0 Å². The van der Waals surface area contributed by atoms with Crippen LogP contribution in [0.5, 0.6) is 0 Å². The molecule has 0 amide bonds. The molecule has 1 aromatic heterocycles. The van der Waals surface area contributed by atoms with E-state index in [9.17, 15) is 0 Å². The van der Waals surface area contributed by atoms with E-state index in [1.807, 2.05) is 24.4 Å². The minimum absolute atomic E-state index is 0.222. The zero-order chi connectivity index (χ0) is 19.4. The van der Waals surface area contributed by atoms with Gasteiger partial charge in [-0.2, -0.15) is 0 Å². The minimum Gasteiger partial charge on any atom is -0.304 e. The summed E-state index contributed by atoms with van der Waals surface area (Å²) in [6.45, 7) is 7.17. The van der Waals surface area contributed by atoms with Crippen molar-refractivity contribution >= 4 is 5.71 Å². The van der Waals surface area contributed by atoms with E-state index < -0.39 is 0 Å². The van der Waals surface area contributed by atoms with Gasteiger partial charge in [0.1, 0.15) is 0 Å². The maximum Gasteiger partial charge on any atom is 0.0857 e. The number of hydrogen-bond donors (Lipinski definition) is 1. The van der Waals surface area contributed by atoms with E-state index in [0.29, 0.717) is 5.71 Å². The molecule has 1 atom stereocenters. The Morgan fingerprint density at radius 3 is 2.43 bits per heavy atom. The molecular weight excluding hydrogens is 346 g/mol. The van der Waals surface area contributed by atoms with Gasteiger partial charge in [-0.25, -0.2) is 0 Å². The fourth-order valence-corrected chi connectivity index (χ4v) is 4.79. The van der Waals surface area contributed by atoms with E-state index in [1.54, 1.807) is 0 Å². The van der Waals surface area contributed by atoms with E-state index in [-0.39, 0.29) is 5.54 Å². The second-order valence-corrected chi connectivity index (χ2v) is 8.21. The largest absolute Gasteiger partial charge is 0.304 e. The Balaban J connectivity index is 1.49. The molecule has 2 aliphatic rings. The molecule has 0 saturated carbocycles. The first kappa shape index (κ1) is 19.2. The zero-order valence-electron chi connectivity index (χ0n) is 16.8. The van der Waals surface area contributed by atoms with Crippen molar-refractivity contribution in [2.75, 3.05) is 46.3 Å². The van der Waals surface area contributed by atoms with E-state index in [1.165, 1.54) is 5.56 Å². The third-order valence-electron chi connectivity index (χ3n) is 6.27. The second-order valence-electron chi connectivity index (χ2n) is 8.21. The first-order valence-corrected chi connectivity index (χ1v) is 10.4. The third kappa shape index (κ3) is 4.02. The van der Waals surface area contributed by atoms with Gasteiger partial charge in [0, 0.05) is 45.5 Å². The molecule has 0 aliphatic carbocycles. The minimum atomic E-state index is -0.222. The van der Waals surface area contributed by atoms with Crippen LogP contribution >= 0.6 is 0 Å². The molecule has 1 N–H and O–H groups in total. The molecule has 0 spiro atoms. The summed E-state index contributed by atoms with van der Waals surface area (Å²) in [6.07, 6.45) is 3.99. The van der Waals surface area contributed by atoms with Crippen molar-refractivity contribution in [3.63, 3.8) is 0 Å². The van der Waals surface area contributed by atoms with Gasteiger partial charge in [-0.15, -0.1) is 0 Å². The summed E-state index contributed by atoms with van der Waals surface area (Å²) in [5.74, 6) is 0. The second kappa shape index (κ2) is 8.52. The standard InChI is InChI=1S/C23H31N5/c1-26-13-7-11-23(19-26,22(24)21-10-5-6-12-25-21)28-16-14-27(15-17-28)18-20-8-3-2-4-9-20/h2-6,8-10,12,24H,7,11,13-19H2,1H3. The van der Waals surface area contributed by atoms with Crippen LogP contribution in [-0.4, -0.2) is 77.3 Å². The van der Waals surface area contributed by atoms with E-state index in [0.717, 1.165) is 64.3 Å². The Kier molecular flexibility index (Phi) is 5.85. The van der Waals surface area contributed by atoms with Crippen LogP contribution in [0.25, 0.3) is 0 Å². The molecule has 5 nitrogen and oxygen atoms in total. The molecule has 2 aromatic rings.